The maximum atomic E-state index is 13.0. The third kappa shape index (κ3) is 7.92. The van der Waals surface area contributed by atoms with Crippen molar-refractivity contribution in [2.24, 2.45) is 0 Å². The quantitative estimate of drug-likeness (QED) is 0.140. The lowest BCUT2D eigenvalue weighted by Crippen LogP contribution is -2.36. The fraction of sp³-hybridized carbons (Fsp3) is 0.226. The molecule has 1 saturated heterocycles. The molecule has 1 heterocycles. The van der Waals surface area contributed by atoms with E-state index in [2.05, 4.69) is 5.32 Å². The summed E-state index contributed by atoms with van der Waals surface area (Å²) in [7, 11) is 1.51. The molecule has 1 N–H and O–H groups in total. The van der Waals surface area contributed by atoms with Crippen molar-refractivity contribution in [1.29, 1.82) is 0 Å². The lowest BCUT2D eigenvalue weighted by molar-refractivity contribution is -0.127. The van der Waals surface area contributed by atoms with Gasteiger partial charge in [-0.1, -0.05) is 61.3 Å². The predicted octanol–water partition coefficient (Wildman–Crippen LogP) is 6.56. The number of rotatable bonds is 12. The molecule has 1 aliphatic rings. The van der Waals surface area contributed by atoms with Crippen LogP contribution in [0.15, 0.2) is 71.6 Å². The van der Waals surface area contributed by atoms with Gasteiger partial charge in [-0.25, -0.2) is 4.79 Å². The monoisotopic (exact) mass is 608 g/mol. The van der Waals surface area contributed by atoms with Crippen LogP contribution in [0.2, 0.25) is 5.02 Å². The van der Waals surface area contributed by atoms with Crippen molar-refractivity contribution in [2.45, 2.75) is 26.4 Å². The number of nitrogens with zero attached hydrogens (tertiary/aromatic N) is 1. The molecule has 4 rings (SSSR count). The van der Waals surface area contributed by atoms with Crippen molar-refractivity contribution in [1.82, 2.24) is 4.90 Å². The Kier molecular flexibility index (Phi) is 10.6. The van der Waals surface area contributed by atoms with Crippen molar-refractivity contribution in [3.8, 4) is 11.5 Å². The van der Waals surface area contributed by atoms with Gasteiger partial charge in [-0.2, -0.15) is 0 Å². The van der Waals surface area contributed by atoms with E-state index in [0.29, 0.717) is 30.1 Å². The largest absolute Gasteiger partial charge is 0.493 e. The van der Waals surface area contributed by atoms with E-state index in [-0.39, 0.29) is 27.8 Å². The molecule has 1 aliphatic heterocycles. The minimum absolute atomic E-state index is 0.103. The van der Waals surface area contributed by atoms with E-state index in [4.69, 9.17) is 25.8 Å². The highest BCUT2D eigenvalue weighted by molar-refractivity contribution is 8.18. The van der Waals surface area contributed by atoms with E-state index in [1.165, 1.54) is 25.3 Å². The standard InChI is InChI=1S/C31H29ClN2O7S/c1-3-4-14-40-30(37)23-17-22(11-12-24(23)32)33-28(35)18-34-29(36)27(42-31(34)38)16-21-10-13-25(26(15-21)39-2)41-19-20-8-6-5-7-9-20/h5-13,15-17H,3-4,14,18-19H2,1-2H3,(H,33,35)/b27-16+. The number of thioether (sulfide) groups is 1. The normalized spacial score (nSPS) is 13.8. The second-order valence-electron chi connectivity index (χ2n) is 9.18. The van der Waals surface area contributed by atoms with Crippen LogP contribution < -0.4 is 14.8 Å². The van der Waals surface area contributed by atoms with E-state index in [1.807, 2.05) is 37.3 Å². The van der Waals surface area contributed by atoms with E-state index in [1.54, 1.807) is 24.3 Å². The zero-order valence-corrected chi connectivity index (χ0v) is 24.6. The van der Waals surface area contributed by atoms with E-state index in [9.17, 15) is 19.2 Å². The number of carbonyl (C=O) groups excluding carboxylic acids is 4. The number of unbranched alkanes of at least 4 members (excludes halogenated alkanes) is 1. The van der Waals surface area contributed by atoms with Gasteiger partial charge >= 0.3 is 5.97 Å². The Bertz CT molecular complexity index is 1510. The van der Waals surface area contributed by atoms with E-state index < -0.39 is 29.6 Å². The molecule has 0 radical (unpaired) electrons. The van der Waals surface area contributed by atoms with Gasteiger partial charge in [0.2, 0.25) is 5.91 Å². The number of anilines is 1. The van der Waals surface area contributed by atoms with Gasteiger partial charge in [0.05, 0.1) is 29.2 Å². The van der Waals surface area contributed by atoms with Gasteiger partial charge in [-0.3, -0.25) is 19.3 Å². The first kappa shape index (κ1) is 30.7. The molecule has 0 aliphatic carbocycles. The van der Waals surface area contributed by atoms with Crippen LogP contribution in [0.5, 0.6) is 11.5 Å². The summed E-state index contributed by atoms with van der Waals surface area (Å²) >= 11 is 6.87. The number of carbonyl (C=O) groups is 4. The van der Waals surface area contributed by atoms with Crippen LogP contribution in [0.3, 0.4) is 0 Å². The molecule has 0 saturated carbocycles. The van der Waals surface area contributed by atoms with E-state index in [0.717, 1.165) is 28.6 Å². The van der Waals surface area contributed by atoms with Crippen LogP contribution in [-0.2, 0) is 20.9 Å². The highest BCUT2D eigenvalue weighted by atomic mass is 35.5. The average molecular weight is 609 g/mol. The summed E-state index contributed by atoms with van der Waals surface area (Å²) in [4.78, 5) is 51.7. The summed E-state index contributed by atoms with van der Waals surface area (Å²) in [6.07, 6.45) is 3.14. The zero-order chi connectivity index (χ0) is 30.1. The summed E-state index contributed by atoms with van der Waals surface area (Å²) in [5.41, 5.74) is 2.00. The number of methoxy groups -OCH3 is 1. The number of benzene rings is 3. The summed E-state index contributed by atoms with van der Waals surface area (Å²) in [6, 6.07) is 19.2. The molecule has 3 aromatic rings. The summed E-state index contributed by atoms with van der Waals surface area (Å²) in [6.45, 7) is 2.09. The number of imide groups is 1. The Balaban J connectivity index is 1.39. The summed E-state index contributed by atoms with van der Waals surface area (Å²) < 4.78 is 16.5. The van der Waals surface area contributed by atoms with Crippen molar-refractivity contribution >= 4 is 58.1 Å². The molecule has 1 fully saturated rings. The van der Waals surface area contributed by atoms with E-state index >= 15 is 0 Å². The van der Waals surface area contributed by atoms with Gasteiger partial charge in [0.1, 0.15) is 13.2 Å². The SMILES string of the molecule is CCCCOC(=O)c1cc(NC(=O)CN2C(=O)S/C(=C/c3ccc(OCc4ccccc4)c(OC)c3)C2=O)ccc1Cl. The first-order valence-corrected chi connectivity index (χ1v) is 14.3. The lowest BCUT2D eigenvalue weighted by atomic mass is 10.1. The van der Waals surface area contributed by atoms with Crippen LogP contribution in [0.4, 0.5) is 10.5 Å². The predicted molar refractivity (Wildman–Crippen MR) is 162 cm³/mol. The van der Waals surface area contributed by atoms with Gasteiger partial charge in [-0.15, -0.1) is 0 Å². The van der Waals surface area contributed by atoms with Crippen LogP contribution in [0.1, 0.15) is 41.3 Å². The second kappa shape index (κ2) is 14.6. The molecule has 0 unspecified atom stereocenters. The molecule has 0 spiro atoms. The maximum absolute atomic E-state index is 13.0. The Labute approximate surface area is 252 Å². The first-order valence-electron chi connectivity index (χ1n) is 13.2. The number of halogens is 1. The van der Waals surface area contributed by atoms with Crippen molar-refractivity contribution < 1.29 is 33.4 Å². The fourth-order valence-corrected chi connectivity index (χ4v) is 4.94. The van der Waals surface area contributed by atoms with Crippen molar-refractivity contribution in [2.75, 3.05) is 25.6 Å². The second-order valence-corrected chi connectivity index (χ2v) is 10.6. The third-order valence-corrected chi connectivity index (χ3v) is 7.34. The maximum Gasteiger partial charge on any atom is 0.339 e. The Morgan fingerprint density at radius 3 is 2.55 bits per heavy atom. The highest BCUT2D eigenvalue weighted by Gasteiger charge is 2.36. The van der Waals surface area contributed by atoms with Crippen LogP contribution in [0, 0.1) is 0 Å². The summed E-state index contributed by atoms with van der Waals surface area (Å²) in [5, 5.41) is 2.20. The molecule has 0 bridgehead atoms. The smallest absolute Gasteiger partial charge is 0.339 e. The lowest BCUT2D eigenvalue weighted by Gasteiger charge is -2.13. The molecule has 0 atom stereocenters. The van der Waals surface area contributed by atoms with Gasteiger partial charge in [0.15, 0.2) is 11.5 Å². The molecule has 218 valence electrons. The first-order chi connectivity index (χ1) is 20.3. The van der Waals surface area contributed by atoms with Crippen LogP contribution in [0.25, 0.3) is 6.08 Å². The number of hydrogen-bond acceptors (Lipinski definition) is 8. The Morgan fingerprint density at radius 1 is 1.02 bits per heavy atom. The van der Waals surface area contributed by atoms with Crippen LogP contribution in [-0.4, -0.2) is 48.2 Å². The van der Waals surface area contributed by atoms with Crippen molar-refractivity contribution in [3.05, 3.63) is 93.3 Å². The molecule has 0 aromatic heterocycles. The topological polar surface area (TPSA) is 111 Å². The Hall–Kier alpha value is -4.28. The summed E-state index contributed by atoms with van der Waals surface area (Å²) in [5.74, 6) is -0.821. The number of ether oxygens (including phenoxy) is 3. The molecule has 9 nitrogen and oxygen atoms in total. The van der Waals surface area contributed by atoms with Gasteiger partial charge in [0.25, 0.3) is 11.1 Å². The minimum Gasteiger partial charge on any atom is -0.493 e. The van der Waals surface area contributed by atoms with Gasteiger partial charge < -0.3 is 19.5 Å². The Morgan fingerprint density at radius 2 is 1.81 bits per heavy atom. The fourth-order valence-electron chi connectivity index (χ4n) is 3.91. The number of amides is 3. The molecular weight excluding hydrogens is 580 g/mol. The zero-order valence-electron chi connectivity index (χ0n) is 23.1. The molecule has 3 aromatic carbocycles. The van der Waals surface area contributed by atoms with Crippen LogP contribution >= 0.6 is 23.4 Å². The number of nitrogens with one attached hydrogen (secondary N) is 1. The molecular formula is C31H29ClN2O7S. The minimum atomic E-state index is -0.618. The molecule has 42 heavy (non-hydrogen) atoms. The van der Waals surface area contributed by atoms with Crippen molar-refractivity contribution in [3.63, 3.8) is 0 Å². The molecule has 11 heteroatoms. The van der Waals surface area contributed by atoms with Gasteiger partial charge in [0, 0.05) is 5.69 Å². The highest BCUT2D eigenvalue weighted by Crippen LogP contribution is 2.35. The number of esters is 1. The molecule has 3 amide bonds. The number of hydrogen-bond donors (Lipinski definition) is 1. The average Bonchev–Trinajstić information content (AvgIpc) is 3.25. The van der Waals surface area contributed by atoms with Gasteiger partial charge in [-0.05, 0) is 65.7 Å². The third-order valence-electron chi connectivity index (χ3n) is 6.10.